The first-order valence-electron chi connectivity index (χ1n) is 6.26. The minimum absolute atomic E-state index is 0.309. The number of benzene rings is 1. The van der Waals surface area contributed by atoms with Gasteiger partial charge in [0.25, 0.3) is 0 Å². The summed E-state index contributed by atoms with van der Waals surface area (Å²) in [6.45, 7) is 5.36. The zero-order valence-corrected chi connectivity index (χ0v) is 14.9. The molecule has 19 heavy (non-hydrogen) atoms. The topological polar surface area (TPSA) is 24.9 Å². The van der Waals surface area contributed by atoms with Gasteiger partial charge < -0.3 is 5.32 Å². The zero-order chi connectivity index (χ0) is 13.8. The first kappa shape index (κ1) is 15.2. The van der Waals surface area contributed by atoms with Crippen LogP contribution < -0.4 is 5.32 Å². The molecule has 0 aliphatic rings. The van der Waals surface area contributed by atoms with Crippen molar-refractivity contribution in [2.24, 2.45) is 0 Å². The summed E-state index contributed by atoms with van der Waals surface area (Å²) in [4.78, 5) is 4.72. The minimum Gasteiger partial charge on any atom is -0.309 e. The third-order valence-corrected chi connectivity index (χ3v) is 5.62. The van der Waals surface area contributed by atoms with Crippen molar-refractivity contribution in [3.05, 3.63) is 38.2 Å². The molecule has 0 fully saturated rings. The van der Waals surface area contributed by atoms with Gasteiger partial charge in [0.05, 0.1) is 5.69 Å². The van der Waals surface area contributed by atoms with Crippen molar-refractivity contribution in [2.75, 3.05) is 6.54 Å². The van der Waals surface area contributed by atoms with Crippen LogP contribution >= 0.6 is 43.2 Å². The lowest BCUT2D eigenvalue weighted by Gasteiger charge is -2.09. The fraction of sp³-hybridized carbons (Fsp3) is 0.357. The smallest absolute Gasteiger partial charge is 0.123 e. The molecule has 2 rings (SSSR count). The van der Waals surface area contributed by atoms with Gasteiger partial charge >= 0.3 is 0 Å². The third kappa shape index (κ3) is 3.88. The van der Waals surface area contributed by atoms with Crippen LogP contribution in [0.15, 0.2) is 32.5 Å². The number of nitrogens with one attached hydrogen (secondary N) is 1. The molecule has 1 aromatic carbocycles. The Hall–Kier alpha value is -0.230. The van der Waals surface area contributed by atoms with Gasteiger partial charge in [-0.05, 0) is 63.9 Å². The molecule has 0 aliphatic heterocycles. The third-order valence-electron chi connectivity index (χ3n) is 2.83. The molecule has 2 nitrogen and oxygen atoms in total. The number of thiazole rings is 1. The van der Waals surface area contributed by atoms with Gasteiger partial charge in [-0.2, -0.15) is 0 Å². The van der Waals surface area contributed by atoms with Crippen molar-refractivity contribution < 1.29 is 0 Å². The Kier molecular flexibility index (Phi) is 5.57. The number of aromatic nitrogens is 1. The second-order valence-electron chi connectivity index (χ2n) is 4.38. The van der Waals surface area contributed by atoms with Crippen LogP contribution in [0.3, 0.4) is 0 Å². The fourth-order valence-electron chi connectivity index (χ4n) is 1.71. The van der Waals surface area contributed by atoms with Crippen molar-refractivity contribution in [1.82, 2.24) is 10.3 Å². The standard InChI is InChI=1S/C14H16Br2N2S/c1-3-6-17-9(2)13-8-19-14(18-13)10-4-5-11(15)12(16)7-10/h4-5,7-9,17H,3,6H2,1-2H3. The quantitative estimate of drug-likeness (QED) is 0.723. The maximum atomic E-state index is 4.72. The van der Waals surface area contributed by atoms with E-state index < -0.39 is 0 Å². The van der Waals surface area contributed by atoms with E-state index in [1.165, 1.54) is 0 Å². The molecule has 1 atom stereocenters. The first-order valence-corrected chi connectivity index (χ1v) is 8.72. The highest BCUT2D eigenvalue weighted by atomic mass is 79.9. The summed E-state index contributed by atoms with van der Waals surface area (Å²) in [7, 11) is 0. The molecule has 0 spiro atoms. The second kappa shape index (κ2) is 6.97. The van der Waals surface area contributed by atoms with E-state index >= 15 is 0 Å². The van der Waals surface area contributed by atoms with Crippen LogP contribution in [0.4, 0.5) is 0 Å². The number of hydrogen-bond acceptors (Lipinski definition) is 3. The largest absolute Gasteiger partial charge is 0.309 e. The Morgan fingerprint density at radius 3 is 2.79 bits per heavy atom. The van der Waals surface area contributed by atoms with E-state index in [0.717, 1.165) is 38.2 Å². The van der Waals surface area contributed by atoms with Gasteiger partial charge in [0, 0.05) is 25.9 Å². The van der Waals surface area contributed by atoms with Crippen molar-refractivity contribution >= 4 is 43.2 Å². The summed E-state index contributed by atoms with van der Waals surface area (Å²) in [5, 5.41) is 6.66. The number of rotatable bonds is 5. The summed E-state index contributed by atoms with van der Waals surface area (Å²) in [6.07, 6.45) is 1.14. The van der Waals surface area contributed by atoms with Gasteiger partial charge in [-0.3, -0.25) is 0 Å². The van der Waals surface area contributed by atoms with E-state index in [4.69, 9.17) is 4.98 Å². The average molecular weight is 404 g/mol. The van der Waals surface area contributed by atoms with Crippen LogP contribution in [0.1, 0.15) is 32.0 Å². The maximum absolute atomic E-state index is 4.72. The van der Waals surface area contributed by atoms with Gasteiger partial charge in [-0.1, -0.05) is 13.0 Å². The molecule has 0 bridgehead atoms. The predicted molar refractivity (Wildman–Crippen MR) is 89.7 cm³/mol. The highest BCUT2D eigenvalue weighted by Gasteiger charge is 2.11. The fourth-order valence-corrected chi connectivity index (χ4v) is 3.25. The first-order chi connectivity index (χ1) is 9.11. The molecule has 0 saturated carbocycles. The van der Waals surface area contributed by atoms with E-state index in [0.29, 0.717) is 6.04 Å². The van der Waals surface area contributed by atoms with Crippen molar-refractivity contribution in [3.8, 4) is 10.6 Å². The SMILES string of the molecule is CCCNC(C)c1csc(-c2ccc(Br)c(Br)c2)n1. The van der Waals surface area contributed by atoms with E-state index in [1.807, 2.05) is 6.07 Å². The summed E-state index contributed by atoms with van der Waals surface area (Å²) < 4.78 is 2.12. The lowest BCUT2D eigenvalue weighted by molar-refractivity contribution is 0.561. The molecule has 1 heterocycles. The molecular formula is C14H16Br2N2S. The van der Waals surface area contributed by atoms with Crippen LogP contribution in [0.5, 0.6) is 0 Å². The zero-order valence-electron chi connectivity index (χ0n) is 10.9. The van der Waals surface area contributed by atoms with E-state index in [-0.39, 0.29) is 0 Å². The molecule has 1 unspecified atom stereocenters. The molecule has 0 saturated heterocycles. The lowest BCUT2D eigenvalue weighted by Crippen LogP contribution is -2.19. The molecule has 1 aromatic heterocycles. The number of nitrogens with zero attached hydrogens (tertiary/aromatic N) is 1. The molecule has 0 aliphatic carbocycles. The van der Waals surface area contributed by atoms with Crippen molar-refractivity contribution in [1.29, 1.82) is 0 Å². The van der Waals surface area contributed by atoms with E-state index in [9.17, 15) is 0 Å². The molecule has 1 N–H and O–H groups in total. The summed E-state index contributed by atoms with van der Waals surface area (Å²) >= 11 is 8.71. The lowest BCUT2D eigenvalue weighted by atomic mass is 10.2. The monoisotopic (exact) mass is 402 g/mol. The molecule has 5 heteroatoms. The van der Waals surface area contributed by atoms with E-state index in [2.05, 4.69) is 68.5 Å². The Bertz CT molecular complexity index is 554. The van der Waals surface area contributed by atoms with E-state index in [1.54, 1.807) is 11.3 Å². The molecule has 102 valence electrons. The maximum Gasteiger partial charge on any atom is 0.123 e. The van der Waals surface area contributed by atoms with Crippen LogP contribution in [-0.2, 0) is 0 Å². The van der Waals surface area contributed by atoms with Crippen LogP contribution in [0.25, 0.3) is 10.6 Å². The van der Waals surface area contributed by atoms with Gasteiger partial charge in [-0.25, -0.2) is 4.98 Å². The van der Waals surface area contributed by atoms with Gasteiger partial charge in [0.15, 0.2) is 0 Å². The average Bonchev–Trinajstić information content (AvgIpc) is 2.89. The van der Waals surface area contributed by atoms with Gasteiger partial charge in [0.2, 0.25) is 0 Å². The van der Waals surface area contributed by atoms with Crippen molar-refractivity contribution in [2.45, 2.75) is 26.3 Å². The molecule has 0 radical (unpaired) electrons. The summed E-state index contributed by atoms with van der Waals surface area (Å²) in [5.74, 6) is 0. The number of hydrogen-bond donors (Lipinski definition) is 1. The second-order valence-corrected chi connectivity index (χ2v) is 6.95. The molecular weight excluding hydrogens is 388 g/mol. The highest BCUT2D eigenvalue weighted by Crippen LogP contribution is 2.31. The van der Waals surface area contributed by atoms with Gasteiger partial charge in [-0.15, -0.1) is 11.3 Å². The Morgan fingerprint density at radius 1 is 1.32 bits per heavy atom. The van der Waals surface area contributed by atoms with Crippen LogP contribution in [0, 0.1) is 0 Å². The Labute approximate surface area is 134 Å². The number of halogens is 2. The highest BCUT2D eigenvalue weighted by molar-refractivity contribution is 9.13. The van der Waals surface area contributed by atoms with Crippen molar-refractivity contribution in [3.63, 3.8) is 0 Å². The Morgan fingerprint density at radius 2 is 2.11 bits per heavy atom. The van der Waals surface area contributed by atoms with Gasteiger partial charge in [0.1, 0.15) is 5.01 Å². The minimum atomic E-state index is 0.309. The molecule has 0 amide bonds. The normalized spacial score (nSPS) is 12.6. The Balaban J connectivity index is 2.18. The summed E-state index contributed by atoms with van der Waals surface area (Å²) in [5.41, 5.74) is 2.27. The molecule has 2 aromatic rings. The summed E-state index contributed by atoms with van der Waals surface area (Å²) in [6, 6.07) is 6.53. The predicted octanol–water partition coefficient (Wildman–Crippen LogP) is 5.40. The van der Waals surface area contributed by atoms with Crippen LogP contribution in [0.2, 0.25) is 0 Å². The van der Waals surface area contributed by atoms with Crippen LogP contribution in [-0.4, -0.2) is 11.5 Å².